The summed E-state index contributed by atoms with van der Waals surface area (Å²) >= 11 is 1.89. The first-order valence-electron chi connectivity index (χ1n) is 19.6. The summed E-state index contributed by atoms with van der Waals surface area (Å²) in [5, 5.41) is 7.67. The molecule has 0 radical (unpaired) electrons. The number of fused-ring (bicyclic) bond motifs is 5. The molecule has 11 rings (SSSR count). The van der Waals surface area contributed by atoms with Crippen molar-refractivity contribution in [3.8, 4) is 66.8 Å². The average Bonchev–Trinajstić information content (AvgIpc) is 3.67. The predicted molar refractivity (Wildman–Crippen MR) is 247 cm³/mol. The summed E-state index contributed by atoms with van der Waals surface area (Å²) in [7, 11) is 0. The molecule has 0 aliphatic heterocycles. The molecule has 0 saturated heterocycles. The van der Waals surface area contributed by atoms with Crippen LogP contribution >= 0.6 is 11.3 Å². The highest BCUT2D eigenvalue weighted by atomic mass is 32.1. The molecule has 0 aliphatic rings. The summed E-state index contributed by atoms with van der Waals surface area (Å²) in [6.45, 7) is 0. The monoisotopic (exact) mass is 740 g/mol. The zero-order chi connectivity index (χ0) is 37.7. The fourth-order valence-corrected chi connectivity index (χ4v) is 9.99. The molecule has 0 N–H and O–H groups in total. The van der Waals surface area contributed by atoms with Gasteiger partial charge in [-0.15, -0.1) is 11.3 Å². The highest BCUT2D eigenvalue weighted by Crippen LogP contribution is 2.46. The molecule has 0 atom stereocenters. The molecule has 0 spiro atoms. The first-order valence-corrected chi connectivity index (χ1v) is 20.4. The Morgan fingerprint density at radius 2 is 0.649 bits per heavy atom. The number of thiophene rings is 1. The second-order valence-corrected chi connectivity index (χ2v) is 15.9. The minimum absolute atomic E-state index is 1.21. The molecule has 0 unspecified atom stereocenters. The zero-order valence-corrected chi connectivity index (χ0v) is 32.0. The fraction of sp³-hybridized carbons (Fsp3) is 0. The van der Waals surface area contributed by atoms with Crippen LogP contribution in [0.2, 0.25) is 0 Å². The standard InChI is InChI=1S/C56H36S/c1-4-15-37(16-5-1)40-21-13-24-45(34-40)46-27-14-28-50-51-35-44(30-32-53(51)57-56(46)50)42-23-12-22-41(33-42)43-29-31-49-52(36-43)55(39-19-8-3-9-20-39)48-26-11-10-25-47(48)54(49)38-17-6-2-7-18-38/h1-36H. The largest absolute Gasteiger partial charge is 0.135 e. The highest BCUT2D eigenvalue weighted by Gasteiger charge is 2.18. The van der Waals surface area contributed by atoms with Crippen molar-refractivity contribution in [2.24, 2.45) is 0 Å². The van der Waals surface area contributed by atoms with Gasteiger partial charge >= 0.3 is 0 Å². The van der Waals surface area contributed by atoms with Gasteiger partial charge in [0.15, 0.2) is 0 Å². The van der Waals surface area contributed by atoms with Gasteiger partial charge in [0.05, 0.1) is 0 Å². The smallest absolute Gasteiger partial charge is 0.0433 e. The SMILES string of the molecule is c1ccc(-c2cccc(-c3cccc4c3sc3ccc(-c5cccc(-c6ccc7c(-c8ccccc8)c8ccccc8c(-c8ccccc8)c7c6)c5)cc34)c2)cc1. The molecular weight excluding hydrogens is 705 g/mol. The molecule has 11 aromatic rings. The second kappa shape index (κ2) is 13.9. The Hall–Kier alpha value is -7.06. The van der Waals surface area contributed by atoms with Gasteiger partial charge in [0, 0.05) is 20.2 Å². The number of hydrogen-bond acceptors (Lipinski definition) is 1. The van der Waals surface area contributed by atoms with Crippen molar-refractivity contribution in [3.05, 3.63) is 218 Å². The Labute approximate surface area is 336 Å². The van der Waals surface area contributed by atoms with Crippen LogP contribution in [0.3, 0.4) is 0 Å². The third-order valence-corrected chi connectivity index (χ3v) is 12.7. The summed E-state index contributed by atoms with van der Waals surface area (Å²) in [4.78, 5) is 0. The summed E-state index contributed by atoms with van der Waals surface area (Å²) < 4.78 is 2.64. The van der Waals surface area contributed by atoms with Gasteiger partial charge in [-0.2, -0.15) is 0 Å². The molecule has 57 heavy (non-hydrogen) atoms. The van der Waals surface area contributed by atoms with Crippen LogP contribution in [-0.4, -0.2) is 0 Å². The van der Waals surface area contributed by atoms with Crippen LogP contribution in [0.15, 0.2) is 218 Å². The van der Waals surface area contributed by atoms with Crippen LogP contribution in [0.4, 0.5) is 0 Å². The molecule has 0 nitrogen and oxygen atoms in total. The van der Waals surface area contributed by atoms with Gasteiger partial charge in [0.25, 0.3) is 0 Å². The van der Waals surface area contributed by atoms with E-state index in [9.17, 15) is 0 Å². The number of rotatable bonds is 6. The maximum atomic E-state index is 2.42. The fourth-order valence-electron chi connectivity index (χ4n) is 8.77. The van der Waals surface area contributed by atoms with Crippen LogP contribution < -0.4 is 0 Å². The maximum Gasteiger partial charge on any atom is 0.0433 e. The molecule has 1 heterocycles. The van der Waals surface area contributed by atoms with Crippen LogP contribution in [-0.2, 0) is 0 Å². The van der Waals surface area contributed by atoms with Gasteiger partial charge in [-0.1, -0.05) is 188 Å². The van der Waals surface area contributed by atoms with Gasteiger partial charge < -0.3 is 0 Å². The lowest BCUT2D eigenvalue weighted by Crippen LogP contribution is -1.91. The average molecular weight is 741 g/mol. The van der Waals surface area contributed by atoms with E-state index in [1.807, 2.05) is 11.3 Å². The summed E-state index contributed by atoms with van der Waals surface area (Å²) in [6, 6.07) is 80.1. The highest BCUT2D eigenvalue weighted by molar-refractivity contribution is 7.26. The van der Waals surface area contributed by atoms with Crippen molar-refractivity contribution >= 4 is 53.1 Å². The third-order valence-electron chi connectivity index (χ3n) is 11.5. The number of benzene rings is 10. The molecule has 266 valence electrons. The molecule has 10 aromatic carbocycles. The maximum absolute atomic E-state index is 2.42. The summed E-state index contributed by atoms with van der Waals surface area (Å²) in [5.74, 6) is 0. The Balaban J connectivity index is 1.03. The predicted octanol–water partition coefficient (Wildman–Crippen LogP) is 16.4. The van der Waals surface area contributed by atoms with E-state index in [-0.39, 0.29) is 0 Å². The van der Waals surface area contributed by atoms with E-state index in [0.29, 0.717) is 0 Å². The summed E-state index contributed by atoms with van der Waals surface area (Å²) in [6.07, 6.45) is 0. The molecule has 0 fully saturated rings. The first kappa shape index (κ1) is 33.3. The molecule has 0 aliphatic carbocycles. The molecule has 0 amide bonds. The van der Waals surface area contributed by atoms with Gasteiger partial charge in [-0.25, -0.2) is 0 Å². The Kier molecular flexibility index (Phi) is 8.12. The summed E-state index contributed by atoms with van der Waals surface area (Å²) in [5.41, 5.74) is 14.9. The van der Waals surface area contributed by atoms with Crippen LogP contribution in [0.25, 0.3) is 108 Å². The van der Waals surface area contributed by atoms with Gasteiger partial charge in [-0.05, 0) is 119 Å². The molecular formula is C56H36S. The Bertz CT molecular complexity index is 3270. The van der Waals surface area contributed by atoms with Crippen LogP contribution in [0, 0.1) is 0 Å². The molecule has 1 heteroatoms. The lowest BCUT2D eigenvalue weighted by atomic mass is 9.85. The van der Waals surface area contributed by atoms with Crippen molar-refractivity contribution in [2.45, 2.75) is 0 Å². The lowest BCUT2D eigenvalue weighted by Gasteiger charge is -2.19. The van der Waals surface area contributed by atoms with Crippen molar-refractivity contribution < 1.29 is 0 Å². The van der Waals surface area contributed by atoms with E-state index >= 15 is 0 Å². The van der Waals surface area contributed by atoms with E-state index in [2.05, 4.69) is 218 Å². The number of hydrogen-bond donors (Lipinski definition) is 0. The normalized spacial score (nSPS) is 11.5. The third kappa shape index (κ3) is 5.84. The van der Waals surface area contributed by atoms with Crippen molar-refractivity contribution in [3.63, 3.8) is 0 Å². The Morgan fingerprint density at radius 3 is 1.30 bits per heavy atom. The van der Waals surface area contributed by atoms with E-state index in [0.717, 1.165) is 0 Å². The van der Waals surface area contributed by atoms with Crippen molar-refractivity contribution in [1.82, 2.24) is 0 Å². The second-order valence-electron chi connectivity index (χ2n) is 14.8. The van der Waals surface area contributed by atoms with E-state index in [4.69, 9.17) is 0 Å². The molecule has 1 aromatic heterocycles. The quantitative estimate of drug-likeness (QED) is 0.149. The van der Waals surface area contributed by atoms with Gasteiger partial charge in [-0.3, -0.25) is 0 Å². The topological polar surface area (TPSA) is 0 Å². The minimum atomic E-state index is 1.21. The van der Waals surface area contributed by atoms with Crippen LogP contribution in [0.5, 0.6) is 0 Å². The zero-order valence-electron chi connectivity index (χ0n) is 31.2. The van der Waals surface area contributed by atoms with E-state index in [1.54, 1.807) is 0 Å². The Morgan fingerprint density at radius 1 is 0.228 bits per heavy atom. The van der Waals surface area contributed by atoms with Crippen molar-refractivity contribution in [1.29, 1.82) is 0 Å². The molecule has 0 saturated carbocycles. The lowest BCUT2D eigenvalue weighted by molar-refractivity contribution is 1.61. The van der Waals surface area contributed by atoms with Gasteiger partial charge in [0.2, 0.25) is 0 Å². The van der Waals surface area contributed by atoms with Crippen LogP contribution in [0.1, 0.15) is 0 Å². The molecule has 0 bridgehead atoms. The first-order chi connectivity index (χ1) is 28.3. The minimum Gasteiger partial charge on any atom is -0.135 e. The van der Waals surface area contributed by atoms with Crippen molar-refractivity contribution in [2.75, 3.05) is 0 Å². The van der Waals surface area contributed by atoms with E-state index < -0.39 is 0 Å². The van der Waals surface area contributed by atoms with E-state index in [1.165, 1.54) is 108 Å². The van der Waals surface area contributed by atoms with Gasteiger partial charge in [0.1, 0.15) is 0 Å².